The van der Waals surface area contributed by atoms with E-state index in [1.54, 1.807) is 13.3 Å². The first-order valence-electron chi connectivity index (χ1n) is 11.3. The standard InChI is InChI=1S/C23H30ClN5O3/c1-14-11-28(12-16-3-4-17(31-2)9-19(16)24)13-18(14)21-26-23(30)20-10-25-22(29(20)27-21)15-5-7-32-8-6-15/h3-4,9-10,14-15,18,21,27H,5-8,11-13H2,1-2H3,(H,26,30). The molecule has 2 N–H and O–H groups in total. The summed E-state index contributed by atoms with van der Waals surface area (Å²) in [6.07, 6.45) is 3.40. The fourth-order valence-corrected chi connectivity index (χ4v) is 5.41. The van der Waals surface area contributed by atoms with E-state index in [-0.39, 0.29) is 18.0 Å². The highest BCUT2D eigenvalue weighted by Gasteiger charge is 2.40. The zero-order valence-electron chi connectivity index (χ0n) is 18.5. The molecule has 32 heavy (non-hydrogen) atoms. The SMILES string of the molecule is COc1ccc(CN2CC(C)C(C3NC(=O)c4cnc(C5CCOCC5)n4N3)C2)c(Cl)c1. The van der Waals surface area contributed by atoms with Crippen LogP contribution in [0.15, 0.2) is 24.4 Å². The van der Waals surface area contributed by atoms with Gasteiger partial charge in [-0.3, -0.25) is 9.69 Å². The Morgan fingerprint density at radius 2 is 2.09 bits per heavy atom. The lowest BCUT2D eigenvalue weighted by Crippen LogP contribution is -2.55. The minimum atomic E-state index is -0.144. The first kappa shape index (κ1) is 21.6. The van der Waals surface area contributed by atoms with Gasteiger partial charge in [0.15, 0.2) is 0 Å². The molecule has 4 heterocycles. The van der Waals surface area contributed by atoms with Gasteiger partial charge in [0.05, 0.1) is 13.3 Å². The highest BCUT2D eigenvalue weighted by Crippen LogP contribution is 2.32. The minimum absolute atomic E-state index is 0.0663. The zero-order chi connectivity index (χ0) is 22.2. The summed E-state index contributed by atoms with van der Waals surface area (Å²) in [7, 11) is 1.64. The van der Waals surface area contributed by atoms with Crippen LogP contribution in [0, 0.1) is 11.8 Å². The highest BCUT2D eigenvalue weighted by atomic mass is 35.5. The van der Waals surface area contributed by atoms with Crippen molar-refractivity contribution >= 4 is 17.5 Å². The number of nitrogens with one attached hydrogen (secondary N) is 2. The van der Waals surface area contributed by atoms with E-state index in [1.807, 2.05) is 22.9 Å². The van der Waals surface area contributed by atoms with E-state index in [9.17, 15) is 4.79 Å². The van der Waals surface area contributed by atoms with Crippen molar-refractivity contribution in [2.24, 2.45) is 11.8 Å². The predicted octanol–water partition coefficient (Wildman–Crippen LogP) is 2.82. The molecule has 2 fully saturated rings. The van der Waals surface area contributed by atoms with Crippen LogP contribution in [0.1, 0.15) is 47.6 Å². The van der Waals surface area contributed by atoms with E-state index in [2.05, 4.69) is 27.6 Å². The zero-order valence-corrected chi connectivity index (χ0v) is 19.3. The third-order valence-electron chi connectivity index (χ3n) is 6.99. The number of rotatable bonds is 5. The van der Waals surface area contributed by atoms with Gasteiger partial charge in [-0.05, 0) is 36.5 Å². The minimum Gasteiger partial charge on any atom is -0.497 e. The molecule has 172 valence electrons. The van der Waals surface area contributed by atoms with Crippen LogP contribution in [0.25, 0.3) is 0 Å². The Morgan fingerprint density at radius 3 is 2.84 bits per heavy atom. The second-order valence-electron chi connectivity index (χ2n) is 9.10. The Balaban J connectivity index is 1.30. The molecule has 1 aromatic heterocycles. The fourth-order valence-electron chi connectivity index (χ4n) is 5.18. The summed E-state index contributed by atoms with van der Waals surface area (Å²) in [4.78, 5) is 19.9. The average molecular weight is 460 g/mol. The number of methoxy groups -OCH3 is 1. The molecule has 0 radical (unpaired) electrons. The van der Waals surface area contributed by atoms with Gasteiger partial charge in [-0.1, -0.05) is 24.6 Å². The molecule has 0 aliphatic carbocycles. The van der Waals surface area contributed by atoms with Gasteiger partial charge >= 0.3 is 0 Å². The van der Waals surface area contributed by atoms with E-state index >= 15 is 0 Å². The molecule has 1 aromatic carbocycles. The largest absolute Gasteiger partial charge is 0.497 e. The van der Waals surface area contributed by atoms with E-state index in [1.165, 1.54) is 0 Å². The van der Waals surface area contributed by atoms with Crippen molar-refractivity contribution in [1.82, 2.24) is 19.9 Å². The number of imidazole rings is 1. The van der Waals surface area contributed by atoms with Crippen LogP contribution in [0.5, 0.6) is 5.75 Å². The van der Waals surface area contributed by atoms with Gasteiger partial charge in [0.2, 0.25) is 0 Å². The lowest BCUT2D eigenvalue weighted by Gasteiger charge is -2.35. The summed E-state index contributed by atoms with van der Waals surface area (Å²) >= 11 is 6.47. The monoisotopic (exact) mass is 459 g/mol. The lowest BCUT2D eigenvalue weighted by molar-refractivity contribution is 0.0818. The van der Waals surface area contributed by atoms with Crippen molar-refractivity contribution in [2.45, 2.75) is 38.4 Å². The number of nitrogens with zero attached hydrogens (tertiary/aromatic N) is 3. The Hall–Kier alpha value is -2.29. The number of likely N-dealkylation sites (tertiary alicyclic amines) is 1. The number of halogens is 1. The Labute approximate surface area is 193 Å². The molecular formula is C23H30ClN5O3. The van der Waals surface area contributed by atoms with Crippen molar-refractivity contribution in [3.63, 3.8) is 0 Å². The number of carbonyl (C=O) groups is 1. The van der Waals surface area contributed by atoms with E-state index in [0.717, 1.165) is 62.8 Å². The molecule has 9 heteroatoms. The molecule has 0 spiro atoms. The number of ether oxygens (including phenoxy) is 2. The molecule has 1 amide bonds. The van der Waals surface area contributed by atoms with Crippen molar-refractivity contribution < 1.29 is 14.3 Å². The van der Waals surface area contributed by atoms with Crippen molar-refractivity contribution in [3.8, 4) is 5.75 Å². The molecule has 3 atom stereocenters. The number of benzene rings is 1. The Kier molecular flexibility index (Phi) is 6.01. The Bertz CT molecular complexity index is 990. The number of carbonyl (C=O) groups excluding carboxylic acids is 1. The number of fused-ring (bicyclic) bond motifs is 1. The maximum absolute atomic E-state index is 12.9. The van der Waals surface area contributed by atoms with Gasteiger partial charge in [0, 0.05) is 49.7 Å². The van der Waals surface area contributed by atoms with E-state index in [0.29, 0.717) is 22.6 Å². The van der Waals surface area contributed by atoms with Gasteiger partial charge in [-0.25, -0.2) is 9.66 Å². The third kappa shape index (κ3) is 4.07. The molecule has 0 bridgehead atoms. The van der Waals surface area contributed by atoms with Crippen LogP contribution < -0.4 is 15.5 Å². The van der Waals surface area contributed by atoms with Gasteiger partial charge in [0.1, 0.15) is 23.4 Å². The number of aromatic nitrogens is 2. The van der Waals surface area contributed by atoms with E-state index < -0.39 is 0 Å². The molecule has 3 aliphatic heterocycles. The van der Waals surface area contributed by atoms with Gasteiger partial charge in [-0.2, -0.15) is 0 Å². The lowest BCUT2D eigenvalue weighted by atomic mass is 9.94. The van der Waals surface area contributed by atoms with Crippen LogP contribution >= 0.6 is 11.6 Å². The van der Waals surface area contributed by atoms with E-state index in [4.69, 9.17) is 21.1 Å². The van der Waals surface area contributed by atoms with Gasteiger partial charge in [0.25, 0.3) is 5.91 Å². The molecule has 8 nitrogen and oxygen atoms in total. The smallest absolute Gasteiger partial charge is 0.273 e. The molecule has 5 rings (SSSR count). The number of amides is 1. The van der Waals surface area contributed by atoms with Crippen LogP contribution in [-0.2, 0) is 11.3 Å². The summed E-state index contributed by atoms with van der Waals surface area (Å²) < 4.78 is 12.7. The first-order chi connectivity index (χ1) is 15.5. The molecule has 3 aliphatic rings. The van der Waals surface area contributed by atoms with Crippen LogP contribution in [0.3, 0.4) is 0 Å². The summed E-state index contributed by atoms with van der Waals surface area (Å²) in [5, 5.41) is 3.88. The van der Waals surface area contributed by atoms with Gasteiger partial charge in [-0.15, -0.1) is 0 Å². The van der Waals surface area contributed by atoms with Crippen molar-refractivity contribution in [1.29, 1.82) is 0 Å². The summed E-state index contributed by atoms with van der Waals surface area (Å²) in [5.74, 6) is 2.64. The van der Waals surface area contributed by atoms with Crippen LogP contribution in [0.4, 0.5) is 0 Å². The molecule has 0 saturated carbocycles. The number of hydrogen-bond donors (Lipinski definition) is 2. The molecule has 3 unspecified atom stereocenters. The van der Waals surface area contributed by atoms with Crippen LogP contribution in [-0.4, -0.2) is 60.0 Å². The second-order valence-corrected chi connectivity index (χ2v) is 9.50. The van der Waals surface area contributed by atoms with Crippen molar-refractivity contribution in [3.05, 3.63) is 46.5 Å². The summed E-state index contributed by atoms with van der Waals surface area (Å²) in [6.45, 7) is 6.32. The third-order valence-corrected chi connectivity index (χ3v) is 7.34. The van der Waals surface area contributed by atoms with Crippen LogP contribution in [0.2, 0.25) is 5.02 Å². The second kappa shape index (κ2) is 8.92. The highest BCUT2D eigenvalue weighted by molar-refractivity contribution is 6.31. The topological polar surface area (TPSA) is 80.7 Å². The molecule has 2 aromatic rings. The molecule has 2 saturated heterocycles. The van der Waals surface area contributed by atoms with Crippen molar-refractivity contribution in [2.75, 3.05) is 38.8 Å². The fraction of sp³-hybridized carbons (Fsp3) is 0.565. The Morgan fingerprint density at radius 1 is 1.28 bits per heavy atom. The summed E-state index contributed by atoms with van der Waals surface area (Å²) in [5.41, 5.74) is 5.23. The maximum atomic E-state index is 12.9. The quantitative estimate of drug-likeness (QED) is 0.715. The molecular weight excluding hydrogens is 430 g/mol. The average Bonchev–Trinajstić information content (AvgIpc) is 3.39. The first-order valence-corrected chi connectivity index (χ1v) is 11.7. The number of hydrogen-bond acceptors (Lipinski definition) is 6. The normalized spacial score (nSPS) is 26.5. The predicted molar refractivity (Wildman–Crippen MR) is 122 cm³/mol. The van der Waals surface area contributed by atoms with Gasteiger partial charge < -0.3 is 20.2 Å². The summed E-state index contributed by atoms with van der Waals surface area (Å²) in [6, 6.07) is 5.83. The maximum Gasteiger partial charge on any atom is 0.273 e.